The van der Waals surface area contributed by atoms with Crippen molar-refractivity contribution in [3.63, 3.8) is 0 Å². The van der Waals surface area contributed by atoms with Gasteiger partial charge in [-0.3, -0.25) is 0 Å². The van der Waals surface area contributed by atoms with E-state index in [-0.39, 0.29) is 0 Å². The number of benzene rings is 10. The van der Waals surface area contributed by atoms with Crippen LogP contribution in [0.3, 0.4) is 0 Å². The molecule has 5 radical (unpaired) electrons. The summed E-state index contributed by atoms with van der Waals surface area (Å²) in [6.07, 6.45) is 0. The minimum atomic E-state index is -1.01. The van der Waals surface area contributed by atoms with Gasteiger partial charge in [0.05, 0.1) is 44.4 Å². The van der Waals surface area contributed by atoms with Gasteiger partial charge in [0.1, 0.15) is 23.0 Å². The lowest BCUT2D eigenvalue weighted by atomic mass is 9.65. The molecule has 0 fully saturated rings. The molecule has 0 unspecified atom stereocenters. The van der Waals surface area contributed by atoms with E-state index in [4.69, 9.17) is 34.6 Å². The second kappa shape index (κ2) is 23.6. The van der Waals surface area contributed by atoms with Gasteiger partial charge in [0.15, 0.2) is 0 Å². The second-order valence-electron chi connectivity index (χ2n) is 26.1. The average molecular weight is 1230 g/mol. The zero-order chi connectivity index (χ0) is 63.6. The lowest BCUT2D eigenvalue weighted by molar-refractivity contribution is -0.107. The number of hydrogen-bond donors (Lipinski definition) is 5. The molecule has 12 heteroatoms. The first kappa shape index (κ1) is 63.8. The number of ether oxygens (including phenoxy) is 2. The molecule has 0 saturated carbocycles. The maximum Gasteiger partial charge on any atom is 0.330 e. The van der Waals surface area contributed by atoms with Gasteiger partial charge >= 0.3 is 7.48 Å². The largest absolute Gasteiger partial charge is 0.457 e. The number of para-hydroxylation sites is 4. The van der Waals surface area contributed by atoms with Crippen LogP contribution in [0.5, 0.6) is 23.0 Å². The van der Waals surface area contributed by atoms with Gasteiger partial charge < -0.3 is 39.7 Å². The van der Waals surface area contributed by atoms with Crippen LogP contribution in [-0.4, -0.2) is 82.1 Å². The minimum absolute atomic E-state index is 0.413. The van der Waals surface area contributed by atoms with E-state index < -0.39 is 44.4 Å². The fourth-order valence-electron chi connectivity index (χ4n) is 11.8. The predicted octanol–water partition coefficient (Wildman–Crippen LogP) is 15.5. The predicted molar refractivity (Wildman–Crippen MR) is 364 cm³/mol. The van der Waals surface area contributed by atoms with Crippen LogP contribution in [-0.2, 0) is 15.5 Å². The van der Waals surface area contributed by atoms with Crippen LogP contribution >= 0.6 is 15.9 Å². The normalized spacial score (nSPS) is 14.3. The number of rotatable bonds is 6. The number of halogens is 1. The first-order chi connectivity index (χ1) is 41.5. The molecule has 4 aliphatic rings. The van der Waals surface area contributed by atoms with Gasteiger partial charge in [-0.2, -0.15) is 0 Å². The van der Waals surface area contributed by atoms with Crippen molar-refractivity contribution in [1.82, 2.24) is 0 Å². The van der Waals surface area contributed by atoms with Crippen molar-refractivity contribution >= 4 is 65.9 Å². The Kier molecular flexibility index (Phi) is 17.1. The van der Waals surface area contributed by atoms with Crippen molar-refractivity contribution in [3.8, 4) is 45.3 Å². The van der Waals surface area contributed by atoms with Gasteiger partial charge in [-0.15, -0.1) is 0 Å². The number of fused-ring (bicyclic) bond motifs is 22. The zero-order valence-corrected chi connectivity index (χ0v) is 53.8. The average Bonchev–Trinajstić information content (AvgIpc) is 1.51. The zero-order valence-electron chi connectivity index (χ0n) is 52.2. The monoisotopic (exact) mass is 1230 g/mol. The van der Waals surface area contributed by atoms with E-state index in [1.54, 1.807) is 76.7 Å². The maximum absolute atomic E-state index is 10.7. The van der Waals surface area contributed by atoms with Gasteiger partial charge in [0, 0.05) is 42.2 Å². The molecule has 88 heavy (non-hydrogen) atoms. The highest BCUT2D eigenvalue weighted by molar-refractivity contribution is 9.10. The Bertz CT molecular complexity index is 4100. The van der Waals surface area contributed by atoms with Crippen molar-refractivity contribution in [3.05, 3.63) is 255 Å². The SMILES string of the molecule is Brc1ccc2c(c1)C1(c3ccccc3Oc3ccccc31)c1ccc3ccccc3c1-2.CC(C)(O)C(C)(C)O.CC(C)(O)C(C)(C)O.CC(C)(O)C(C)(C)O[B]c1ccc2c(c1)C1(c3ccccc3Oc3ccccc31)c1ccc3ccccc3c1-2.[B][B]. The molecule has 0 atom stereocenters. The number of hydrogen-bond acceptors (Lipinski definition) is 8. The lowest BCUT2D eigenvalue weighted by Crippen LogP contribution is -2.49. The Morgan fingerprint density at radius 1 is 0.364 bits per heavy atom. The maximum atomic E-state index is 10.7. The molecular formula is C76H75B3BrO8. The lowest BCUT2D eigenvalue weighted by Gasteiger charge is -2.39. The summed E-state index contributed by atoms with van der Waals surface area (Å²) >= 11 is 3.76. The molecule has 2 heterocycles. The van der Waals surface area contributed by atoms with Crippen LogP contribution in [0.4, 0.5) is 0 Å². The van der Waals surface area contributed by atoms with Crippen molar-refractivity contribution in [2.24, 2.45) is 0 Å². The summed E-state index contributed by atoms with van der Waals surface area (Å²) in [4.78, 5) is 0. The second-order valence-corrected chi connectivity index (χ2v) is 27.1. The Morgan fingerprint density at radius 2 is 0.693 bits per heavy atom. The third-order valence-electron chi connectivity index (χ3n) is 18.6. The van der Waals surface area contributed by atoms with Crippen LogP contribution in [0.1, 0.15) is 128 Å². The summed E-state index contributed by atoms with van der Waals surface area (Å²) < 4.78 is 20.2. The fourth-order valence-corrected chi connectivity index (χ4v) is 12.1. The van der Waals surface area contributed by atoms with Crippen LogP contribution < -0.4 is 14.9 Å². The van der Waals surface area contributed by atoms with E-state index >= 15 is 0 Å². The standard InChI is InChI=1S/C35H30BO3.C29H17BrO.2C6H14O2.B2/c1-33(2,37)34(3,4)39-36-23-18-19-25-29(21-23)35(28-20-17-22-11-5-6-12-24(22)32(25)28)26-13-7-9-15-30(26)38-31-16-10-8-14-27(31)35;30-19-14-15-21-25(17-19)29(24-16-13-18-7-1-2-8-20(18)28(21)24)22-9-3-5-11-26(22)31-27-12-6-4-10-23(27)29;2*1-5(2,7)6(3,4)8;1-2/h5-21,37H,1-4H3;1-17H;2*7-8H,1-4H3;. The van der Waals surface area contributed by atoms with Crippen molar-refractivity contribution in [2.45, 2.75) is 128 Å². The van der Waals surface area contributed by atoms with Crippen LogP contribution in [0, 0.1) is 0 Å². The fraction of sp³-hybridized carbons (Fsp3) is 0.263. The van der Waals surface area contributed by atoms with E-state index in [1.807, 2.05) is 26.0 Å². The van der Waals surface area contributed by atoms with Crippen LogP contribution in [0.2, 0.25) is 0 Å². The van der Waals surface area contributed by atoms with Crippen LogP contribution in [0.15, 0.2) is 211 Å². The first-order valence-electron chi connectivity index (χ1n) is 29.7. The molecule has 2 aliphatic heterocycles. The highest BCUT2D eigenvalue weighted by Gasteiger charge is 2.53. The van der Waals surface area contributed by atoms with E-state index in [0.29, 0.717) is 0 Å². The summed E-state index contributed by atoms with van der Waals surface area (Å²) in [7, 11) is 9.78. The Hall–Kier alpha value is -7.25. The van der Waals surface area contributed by atoms with E-state index in [2.05, 4.69) is 226 Å². The molecule has 5 N–H and O–H groups in total. The Labute approximate surface area is 530 Å². The van der Waals surface area contributed by atoms with Gasteiger partial charge in [-0.05, 0) is 186 Å². The molecule has 2 spiro atoms. The molecule has 10 aromatic carbocycles. The van der Waals surface area contributed by atoms with Gasteiger partial charge in [0.2, 0.25) is 0 Å². The third-order valence-corrected chi connectivity index (χ3v) is 19.1. The first-order valence-corrected chi connectivity index (χ1v) is 30.5. The quantitative estimate of drug-likeness (QED) is 0.104. The molecule has 443 valence electrons. The van der Waals surface area contributed by atoms with Gasteiger partial charge in [0.25, 0.3) is 0 Å². The van der Waals surface area contributed by atoms with Crippen LogP contribution in [0.25, 0.3) is 43.8 Å². The molecule has 0 amide bonds. The van der Waals surface area contributed by atoms with Crippen molar-refractivity contribution < 1.29 is 39.7 Å². The highest BCUT2D eigenvalue weighted by atomic mass is 79.9. The minimum Gasteiger partial charge on any atom is -0.457 e. The molecule has 0 saturated heterocycles. The highest BCUT2D eigenvalue weighted by Crippen LogP contribution is 2.65. The Balaban J connectivity index is 0.000000155. The molecule has 0 bridgehead atoms. The molecule has 10 aromatic rings. The van der Waals surface area contributed by atoms with Crippen molar-refractivity contribution in [1.29, 1.82) is 0 Å². The van der Waals surface area contributed by atoms with Crippen molar-refractivity contribution in [2.75, 3.05) is 0 Å². The topological polar surface area (TPSA) is 129 Å². The molecule has 14 rings (SSSR count). The summed E-state index contributed by atoms with van der Waals surface area (Å²) in [5.74, 6) is 3.59. The molecule has 0 aromatic heterocycles. The smallest absolute Gasteiger partial charge is 0.330 e. The van der Waals surface area contributed by atoms with E-state index in [9.17, 15) is 5.11 Å². The third kappa shape index (κ3) is 11.0. The summed E-state index contributed by atoms with van der Waals surface area (Å²) in [5, 5.41) is 52.1. The summed E-state index contributed by atoms with van der Waals surface area (Å²) in [5.41, 5.74) is 9.04. The van der Waals surface area contributed by atoms with Gasteiger partial charge in [-0.1, -0.05) is 191 Å². The summed E-state index contributed by atoms with van der Waals surface area (Å²) in [6.45, 7) is 20.0. The van der Waals surface area contributed by atoms with E-state index in [1.165, 1.54) is 77.2 Å². The molecule has 8 nitrogen and oxygen atoms in total. The van der Waals surface area contributed by atoms with Gasteiger partial charge in [-0.25, -0.2) is 0 Å². The number of aliphatic hydroxyl groups is 5. The molecule has 2 aliphatic carbocycles. The Morgan fingerprint density at radius 3 is 1.06 bits per heavy atom. The molecular weight excluding hydrogens is 1150 g/mol. The summed E-state index contributed by atoms with van der Waals surface area (Å²) in [6, 6.07) is 73.5. The van der Waals surface area contributed by atoms with E-state index in [0.717, 1.165) is 44.1 Å².